The Bertz CT molecular complexity index is 4280. The van der Waals surface area contributed by atoms with Crippen LogP contribution in [0.15, 0.2) is 224 Å². The van der Waals surface area contributed by atoms with E-state index < -0.39 is 0 Å². The second-order valence-electron chi connectivity index (χ2n) is 20.8. The molecule has 11 rings (SSSR count). The number of hydrogen-bond donors (Lipinski definition) is 4. The highest BCUT2D eigenvalue weighted by Crippen LogP contribution is 2.34. The Hall–Kier alpha value is -11.0. The van der Waals surface area contributed by atoms with Gasteiger partial charge in [0.2, 0.25) is 0 Å². The number of aldehydes is 3. The molecule has 0 radical (unpaired) electrons. The highest BCUT2D eigenvalue weighted by molar-refractivity contribution is 6.05. The van der Waals surface area contributed by atoms with Crippen LogP contribution in [-0.2, 0) is 13.1 Å². The second kappa shape index (κ2) is 26.7. The van der Waals surface area contributed by atoms with Crippen molar-refractivity contribution in [1.82, 2.24) is 15.1 Å². The standard InChI is InChI=1S/2C26H21NO3.C21H19NO3/c1-27(16-18-6-3-2-4-7-18)26(30)22-9-5-8-19(15-22)20-10-12-23-21(14-20)11-13-25(29)24(23)17-28;1-27(16-18-5-3-2-4-6-18)26(30)20-9-7-19(8-10-20)21-11-13-23-22(15-21)12-14-25(29)24(23)17-28;1-13(2)22-21(25)17-5-3-4-14(11-17)15-6-8-18-16(10-15)7-9-20(24)19(18)12-23/h2*2-15,17,29H,16H2,1H3;3-13,24H,1-2H3,(H,22,25). The summed E-state index contributed by atoms with van der Waals surface area (Å²) in [6.45, 7) is 4.94. The van der Waals surface area contributed by atoms with E-state index in [-0.39, 0.29) is 52.1 Å². The van der Waals surface area contributed by atoms with Gasteiger partial charge in [-0.05, 0) is 163 Å². The van der Waals surface area contributed by atoms with E-state index in [1.165, 1.54) is 18.2 Å². The Labute approximate surface area is 492 Å². The first-order chi connectivity index (χ1) is 41.1. The van der Waals surface area contributed by atoms with Gasteiger partial charge in [-0.1, -0.05) is 152 Å². The number of benzene rings is 11. The fourth-order valence-corrected chi connectivity index (χ4v) is 10.1. The third-order valence-electron chi connectivity index (χ3n) is 14.5. The maximum absolute atomic E-state index is 12.9. The van der Waals surface area contributed by atoms with E-state index in [0.29, 0.717) is 70.4 Å². The molecule has 3 amide bonds. The quantitative estimate of drug-likeness (QED) is 0.0770. The summed E-state index contributed by atoms with van der Waals surface area (Å²) in [5.41, 5.74) is 10.5. The fraction of sp³-hybridized carbons (Fsp3) is 0.0959. The zero-order valence-corrected chi connectivity index (χ0v) is 47.3. The van der Waals surface area contributed by atoms with Gasteiger partial charge in [0.1, 0.15) is 17.2 Å². The lowest BCUT2D eigenvalue weighted by atomic mass is 9.97. The van der Waals surface area contributed by atoms with Gasteiger partial charge in [-0.25, -0.2) is 0 Å². The van der Waals surface area contributed by atoms with Crippen LogP contribution in [-0.4, -0.2) is 81.8 Å². The Morgan fingerprint density at radius 3 is 1.14 bits per heavy atom. The van der Waals surface area contributed by atoms with Crippen LogP contribution >= 0.6 is 0 Å². The number of phenolic OH excluding ortho intramolecular Hbond substituents is 3. The van der Waals surface area contributed by atoms with Crippen LogP contribution in [0.3, 0.4) is 0 Å². The van der Waals surface area contributed by atoms with E-state index in [1.807, 2.05) is 196 Å². The van der Waals surface area contributed by atoms with E-state index in [1.54, 1.807) is 48.2 Å². The van der Waals surface area contributed by atoms with E-state index in [2.05, 4.69) is 5.32 Å². The summed E-state index contributed by atoms with van der Waals surface area (Å²) >= 11 is 0. The summed E-state index contributed by atoms with van der Waals surface area (Å²) in [7, 11) is 3.60. The van der Waals surface area contributed by atoms with Crippen molar-refractivity contribution in [2.45, 2.75) is 33.0 Å². The summed E-state index contributed by atoms with van der Waals surface area (Å²) in [6, 6.07) is 69.2. The highest BCUT2D eigenvalue weighted by atomic mass is 16.3. The Balaban J connectivity index is 0.000000153. The summed E-state index contributed by atoms with van der Waals surface area (Å²) in [4.78, 5) is 75.0. The van der Waals surface area contributed by atoms with Gasteiger partial charge in [-0.15, -0.1) is 0 Å². The van der Waals surface area contributed by atoms with Gasteiger partial charge in [0.15, 0.2) is 18.9 Å². The lowest BCUT2D eigenvalue weighted by Crippen LogP contribution is -2.30. The van der Waals surface area contributed by atoms with Crippen LogP contribution < -0.4 is 5.32 Å². The normalized spacial score (nSPS) is 10.7. The first-order valence-corrected chi connectivity index (χ1v) is 27.5. The van der Waals surface area contributed by atoms with E-state index >= 15 is 0 Å². The number of carbonyl (C=O) groups is 6. The maximum atomic E-state index is 12.9. The molecule has 11 aromatic rings. The Morgan fingerprint density at radius 2 is 0.741 bits per heavy atom. The summed E-state index contributed by atoms with van der Waals surface area (Å²) in [5, 5.41) is 37.1. The van der Waals surface area contributed by atoms with Gasteiger partial charge in [-0.2, -0.15) is 0 Å². The van der Waals surface area contributed by atoms with Gasteiger partial charge < -0.3 is 30.4 Å². The largest absolute Gasteiger partial charge is 0.507 e. The van der Waals surface area contributed by atoms with Crippen LogP contribution in [0.1, 0.15) is 87.1 Å². The van der Waals surface area contributed by atoms with Crippen molar-refractivity contribution in [1.29, 1.82) is 0 Å². The molecule has 0 aliphatic rings. The van der Waals surface area contributed by atoms with Crippen molar-refractivity contribution in [3.05, 3.63) is 269 Å². The molecule has 4 N–H and O–H groups in total. The molecule has 0 aliphatic heterocycles. The number of carbonyl (C=O) groups excluding carboxylic acids is 6. The average molecular weight is 1120 g/mol. The van der Waals surface area contributed by atoms with E-state index in [0.717, 1.165) is 60.7 Å². The number of nitrogens with one attached hydrogen (secondary N) is 1. The molecule has 12 nitrogen and oxygen atoms in total. The lowest BCUT2D eigenvalue weighted by Gasteiger charge is -2.18. The predicted octanol–water partition coefficient (Wildman–Crippen LogP) is 14.8. The Morgan fingerprint density at radius 1 is 0.388 bits per heavy atom. The van der Waals surface area contributed by atoms with E-state index in [9.17, 15) is 44.1 Å². The molecule has 0 unspecified atom stereocenters. The first-order valence-electron chi connectivity index (χ1n) is 27.5. The molecule has 0 fully saturated rings. The molecule has 12 heteroatoms. The fourth-order valence-electron chi connectivity index (χ4n) is 10.1. The lowest BCUT2D eigenvalue weighted by molar-refractivity contribution is 0.0778. The second-order valence-corrected chi connectivity index (χ2v) is 20.8. The molecule has 422 valence electrons. The summed E-state index contributed by atoms with van der Waals surface area (Å²) < 4.78 is 0. The van der Waals surface area contributed by atoms with Gasteiger partial charge in [-0.3, -0.25) is 28.8 Å². The van der Waals surface area contributed by atoms with Crippen molar-refractivity contribution in [2.75, 3.05) is 14.1 Å². The molecule has 0 bridgehead atoms. The molecule has 0 heterocycles. The van der Waals surface area contributed by atoms with Gasteiger partial charge in [0, 0.05) is 49.9 Å². The van der Waals surface area contributed by atoms with Crippen LogP contribution in [0.25, 0.3) is 65.7 Å². The van der Waals surface area contributed by atoms with Crippen molar-refractivity contribution < 1.29 is 44.1 Å². The number of fused-ring (bicyclic) bond motifs is 3. The molecular weight excluding hydrogens is 1060 g/mol. The summed E-state index contributed by atoms with van der Waals surface area (Å²) in [6.07, 6.45) is 2.00. The molecule has 11 aromatic carbocycles. The smallest absolute Gasteiger partial charge is 0.253 e. The van der Waals surface area contributed by atoms with Crippen molar-refractivity contribution in [3.8, 4) is 50.6 Å². The molecule has 0 aromatic heterocycles. The van der Waals surface area contributed by atoms with Crippen LogP contribution in [0.4, 0.5) is 0 Å². The van der Waals surface area contributed by atoms with Gasteiger partial charge in [0.25, 0.3) is 17.7 Å². The van der Waals surface area contributed by atoms with Gasteiger partial charge >= 0.3 is 0 Å². The zero-order chi connectivity index (χ0) is 60.1. The number of amides is 3. The molecular formula is C73H61N3O9. The molecule has 0 spiro atoms. The number of hydrogen-bond acceptors (Lipinski definition) is 9. The van der Waals surface area contributed by atoms with Crippen LogP contribution in [0.2, 0.25) is 0 Å². The number of nitrogens with zero attached hydrogens (tertiary/aromatic N) is 2. The highest BCUT2D eigenvalue weighted by Gasteiger charge is 2.17. The monoisotopic (exact) mass is 1120 g/mol. The molecule has 85 heavy (non-hydrogen) atoms. The SMILES string of the molecule is CC(C)NC(=O)c1cccc(-c2ccc3c(C=O)c(O)ccc3c2)c1.CN(Cc1ccccc1)C(=O)c1ccc(-c2ccc3c(C=O)c(O)ccc3c2)cc1.CN(Cc1ccccc1)C(=O)c1cccc(-c2ccc3c(C=O)c(O)ccc3c2)c1. The molecule has 0 atom stereocenters. The molecule has 0 aliphatic carbocycles. The van der Waals surface area contributed by atoms with Crippen molar-refractivity contribution >= 4 is 68.9 Å². The Kier molecular flexibility index (Phi) is 18.5. The number of aromatic hydroxyl groups is 3. The minimum atomic E-state index is -0.106. The first kappa shape index (κ1) is 58.7. The van der Waals surface area contributed by atoms with Crippen molar-refractivity contribution in [3.63, 3.8) is 0 Å². The van der Waals surface area contributed by atoms with Crippen LogP contribution in [0.5, 0.6) is 17.2 Å². The van der Waals surface area contributed by atoms with E-state index in [4.69, 9.17) is 0 Å². The molecule has 0 saturated heterocycles. The average Bonchev–Trinajstić information content (AvgIpc) is 3.63. The third kappa shape index (κ3) is 13.9. The van der Waals surface area contributed by atoms with Crippen LogP contribution in [0, 0.1) is 0 Å². The third-order valence-corrected chi connectivity index (χ3v) is 14.5. The van der Waals surface area contributed by atoms with Gasteiger partial charge in [0.05, 0.1) is 16.7 Å². The summed E-state index contributed by atoms with van der Waals surface area (Å²) in [5.74, 6) is -0.259. The predicted molar refractivity (Wildman–Crippen MR) is 336 cm³/mol. The minimum Gasteiger partial charge on any atom is -0.507 e. The zero-order valence-electron chi connectivity index (χ0n) is 47.3. The number of phenols is 3. The maximum Gasteiger partial charge on any atom is 0.253 e. The number of rotatable bonds is 14. The van der Waals surface area contributed by atoms with Crippen molar-refractivity contribution in [2.24, 2.45) is 0 Å². The molecule has 0 saturated carbocycles. The topological polar surface area (TPSA) is 182 Å². The minimum absolute atomic E-state index is 0.0206.